The van der Waals surface area contributed by atoms with Crippen LogP contribution in [0.5, 0.6) is 5.75 Å². The third-order valence-corrected chi connectivity index (χ3v) is 3.27. The van der Waals surface area contributed by atoms with Gasteiger partial charge in [0.1, 0.15) is 5.75 Å². The molecule has 0 aliphatic rings. The average molecular weight is 304 g/mol. The minimum absolute atomic E-state index is 0.178. The second-order valence-corrected chi connectivity index (χ2v) is 5.17. The molecule has 0 aliphatic carbocycles. The molecular formula is C15H23F3N2O. The highest BCUT2D eigenvalue weighted by Gasteiger charge is 2.33. The van der Waals surface area contributed by atoms with Gasteiger partial charge in [-0.1, -0.05) is 25.1 Å². The van der Waals surface area contributed by atoms with Gasteiger partial charge >= 0.3 is 6.36 Å². The Balaban J connectivity index is 3.15. The summed E-state index contributed by atoms with van der Waals surface area (Å²) in [7, 11) is 0. The summed E-state index contributed by atoms with van der Waals surface area (Å²) in [6.07, 6.45) is -3.81. The van der Waals surface area contributed by atoms with Gasteiger partial charge in [0.2, 0.25) is 0 Å². The van der Waals surface area contributed by atoms with Crippen LogP contribution in [0, 0.1) is 0 Å². The fourth-order valence-corrected chi connectivity index (χ4v) is 2.45. The number of benzene rings is 1. The molecule has 1 atom stereocenters. The van der Waals surface area contributed by atoms with Gasteiger partial charge in [0, 0.05) is 18.2 Å². The van der Waals surface area contributed by atoms with Crippen molar-refractivity contribution in [2.24, 2.45) is 5.73 Å². The van der Waals surface area contributed by atoms with Gasteiger partial charge in [-0.3, -0.25) is 4.90 Å². The number of hydrogen-bond donors (Lipinski definition) is 1. The van der Waals surface area contributed by atoms with Crippen molar-refractivity contribution in [3.05, 3.63) is 29.8 Å². The lowest BCUT2D eigenvalue weighted by atomic mass is 10.0. The summed E-state index contributed by atoms with van der Waals surface area (Å²) in [5.74, 6) is -0.179. The molecule has 0 aromatic heterocycles. The van der Waals surface area contributed by atoms with Crippen LogP contribution in [0.4, 0.5) is 13.2 Å². The third kappa shape index (κ3) is 5.21. The molecule has 2 N–H and O–H groups in total. The van der Waals surface area contributed by atoms with Crippen LogP contribution in [0.3, 0.4) is 0 Å². The first-order valence-electron chi connectivity index (χ1n) is 7.10. The summed E-state index contributed by atoms with van der Waals surface area (Å²) in [5, 5.41) is 0. The summed E-state index contributed by atoms with van der Waals surface area (Å²) in [5.41, 5.74) is 6.30. The summed E-state index contributed by atoms with van der Waals surface area (Å²) < 4.78 is 41.7. The van der Waals surface area contributed by atoms with Crippen LogP contribution in [-0.2, 0) is 0 Å². The third-order valence-electron chi connectivity index (χ3n) is 3.27. The van der Waals surface area contributed by atoms with E-state index in [4.69, 9.17) is 5.73 Å². The molecule has 21 heavy (non-hydrogen) atoms. The Morgan fingerprint density at radius 2 is 1.86 bits per heavy atom. The molecule has 0 saturated carbocycles. The predicted octanol–water partition coefficient (Wildman–Crippen LogP) is 3.71. The molecule has 0 aliphatic heterocycles. The lowest BCUT2D eigenvalue weighted by Gasteiger charge is -2.35. The summed E-state index contributed by atoms with van der Waals surface area (Å²) >= 11 is 0. The molecule has 1 aromatic carbocycles. The second-order valence-electron chi connectivity index (χ2n) is 5.17. The van der Waals surface area contributed by atoms with Crippen molar-refractivity contribution in [1.82, 2.24) is 4.90 Å². The Kier molecular flexibility index (Phi) is 6.48. The predicted molar refractivity (Wildman–Crippen MR) is 77.1 cm³/mol. The van der Waals surface area contributed by atoms with E-state index < -0.39 is 6.36 Å². The lowest BCUT2D eigenvalue weighted by molar-refractivity contribution is -0.275. The van der Waals surface area contributed by atoms with Crippen molar-refractivity contribution in [2.75, 3.05) is 13.1 Å². The molecule has 3 nitrogen and oxygen atoms in total. The number of ether oxygens (including phenoxy) is 1. The SMILES string of the molecule is CCCN(C(C)C)C(CN)c1ccccc1OC(F)(F)F. The van der Waals surface area contributed by atoms with E-state index in [0.29, 0.717) is 5.56 Å². The maximum absolute atomic E-state index is 12.5. The van der Waals surface area contributed by atoms with E-state index in [1.54, 1.807) is 12.1 Å². The van der Waals surface area contributed by atoms with Gasteiger partial charge in [0.25, 0.3) is 0 Å². The van der Waals surface area contributed by atoms with Crippen LogP contribution < -0.4 is 10.5 Å². The number of nitrogens with zero attached hydrogens (tertiary/aromatic N) is 1. The molecule has 0 fully saturated rings. The van der Waals surface area contributed by atoms with Crippen molar-refractivity contribution < 1.29 is 17.9 Å². The summed E-state index contributed by atoms with van der Waals surface area (Å²) in [6, 6.07) is 6.07. The second kappa shape index (κ2) is 7.66. The highest BCUT2D eigenvalue weighted by molar-refractivity contribution is 5.36. The van der Waals surface area contributed by atoms with E-state index in [-0.39, 0.29) is 24.4 Å². The Labute approximate surface area is 123 Å². The van der Waals surface area contributed by atoms with Crippen LogP contribution in [0.1, 0.15) is 38.8 Å². The van der Waals surface area contributed by atoms with Crippen molar-refractivity contribution in [3.8, 4) is 5.75 Å². The van der Waals surface area contributed by atoms with Gasteiger partial charge in [-0.15, -0.1) is 13.2 Å². The van der Waals surface area contributed by atoms with Crippen molar-refractivity contribution in [3.63, 3.8) is 0 Å². The first kappa shape index (κ1) is 17.8. The maximum atomic E-state index is 12.5. The Morgan fingerprint density at radius 1 is 1.24 bits per heavy atom. The Bertz CT molecular complexity index is 435. The summed E-state index contributed by atoms with van der Waals surface area (Å²) in [6.45, 7) is 7.04. The van der Waals surface area contributed by atoms with Gasteiger partial charge in [-0.05, 0) is 32.9 Å². The van der Waals surface area contributed by atoms with E-state index in [2.05, 4.69) is 9.64 Å². The molecule has 0 amide bonds. The van der Waals surface area contributed by atoms with E-state index in [9.17, 15) is 13.2 Å². The average Bonchev–Trinajstić information content (AvgIpc) is 2.38. The maximum Gasteiger partial charge on any atom is 0.573 e. The standard InChI is InChI=1S/C15H23F3N2O/c1-4-9-20(11(2)3)13(10-19)12-7-5-6-8-14(12)21-15(16,17)18/h5-8,11,13H,4,9-10,19H2,1-3H3. The van der Waals surface area contributed by atoms with Crippen molar-refractivity contribution >= 4 is 0 Å². The topological polar surface area (TPSA) is 38.5 Å². The monoisotopic (exact) mass is 304 g/mol. The number of alkyl halides is 3. The number of rotatable bonds is 7. The fourth-order valence-electron chi connectivity index (χ4n) is 2.45. The molecule has 0 spiro atoms. The number of hydrogen-bond acceptors (Lipinski definition) is 3. The first-order chi connectivity index (χ1) is 9.80. The summed E-state index contributed by atoms with van der Waals surface area (Å²) in [4.78, 5) is 2.10. The van der Waals surface area contributed by atoms with E-state index in [1.807, 2.05) is 20.8 Å². The molecule has 1 unspecified atom stereocenters. The number of para-hydroxylation sites is 1. The lowest BCUT2D eigenvalue weighted by Crippen LogP contribution is -2.39. The molecule has 120 valence electrons. The normalized spacial score (nSPS) is 13.8. The molecule has 0 radical (unpaired) electrons. The van der Waals surface area contributed by atoms with Gasteiger partial charge in [-0.2, -0.15) is 0 Å². The van der Waals surface area contributed by atoms with Crippen LogP contribution in [0.15, 0.2) is 24.3 Å². The zero-order chi connectivity index (χ0) is 16.0. The highest BCUT2D eigenvalue weighted by Crippen LogP contribution is 2.33. The van der Waals surface area contributed by atoms with Crippen molar-refractivity contribution in [2.45, 2.75) is 45.6 Å². The number of halogens is 3. The fraction of sp³-hybridized carbons (Fsp3) is 0.600. The van der Waals surface area contributed by atoms with Crippen LogP contribution >= 0.6 is 0 Å². The van der Waals surface area contributed by atoms with Gasteiger partial charge in [0.05, 0.1) is 6.04 Å². The minimum Gasteiger partial charge on any atom is -0.405 e. The van der Waals surface area contributed by atoms with E-state index in [1.165, 1.54) is 12.1 Å². The molecular weight excluding hydrogens is 281 g/mol. The van der Waals surface area contributed by atoms with E-state index >= 15 is 0 Å². The Hall–Kier alpha value is -1.27. The van der Waals surface area contributed by atoms with Crippen molar-refractivity contribution in [1.29, 1.82) is 0 Å². The minimum atomic E-state index is -4.71. The molecule has 0 heterocycles. The Morgan fingerprint density at radius 3 is 2.33 bits per heavy atom. The van der Waals surface area contributed by atoms with Crippen LogP contribution in [-0.4, -0.2) is 30.4 Å². The molecule has 0 bridgehead atoms. The largest absolute Gasteiger partial charge is 0.573 e. The smallest absolute Gasteiger partial charge is 0.405 e. The van der Waals surface area contributed by atoms with Gasteiger partial charge in [-0.25, -0.2) is 0 Å². The quantitative estimate of drug-likeness (QED) is 0.834. The zero-order valence-electron chi connectivity index (χ0n) is 12.7. The molecule has 1 aromatic rings. The molecule has 0 saturated heterocycles. The number of nitrogens with two attached hydrogens (primary N) is 1. The van der Waals surface area contributed by atoms with Gasteiger partial charge < -0.3 is 10.5 Å². The first-order valence-corrected chi connectivity index (χ1v) is 7.10. The van der Waals surface area contributed by atoms with E-state index in [0.717, 1.165) is 13.0 Å². The highest BCUT2D eigenvalue weighted by atomic mass is 19.4. The molecule has 6 heteroatoms. The zero-order valence-corrected chi connectivity index (χ0v) is 12.7. The van der Waals surface area contributed by atoms with Gasteiger partial charge in [0.15, 0.2) is 0 Å². The molecule has 1 rings (SSSR count). The van der Waals surface area contributed by atoms with Crippen LogP contribution in [0.25, 0.3) is 0 Å². The van der Waals surface area contributed by atoms with Crippen LogP contribution in [0.2, 0.25) is 0 Å².